The average Bonchev–Trinajstić information content (AvgIpc) is 2.86. The lowest BCUT2D eigenvalue weighted by Gasteiger charge is -2.07. The van der Waals surface area contributed by atoms with Crippen LogP contribution in [0, 0.1) is 6.92 Å². The van der Waals surface area contributed by atoms with E-state index in [0.717, 1.165) is 0 Å². The molecule has 0 spiro atoms. The number of carbonyl (C=O) groups is 2. The number of pyridine rings is 1. The second kappa shape index (κ2) is 6.16. The number of methoxy groups -OCH3 is 1. The molecule has 3 rings (SSSR count). The van der Waals surface area contributed by atoms with Crippen molar-refractivity contribution in [1.29, 1.82) is 0 Å². The Morgan fingerprint density at radius 2 is 1.92 bits per heavy atom. The van der Waals surface area contributed by atoms with E-state index in [1.807, 2.05) is 0 Å². The summed E-state index contributed by atoms with van der Waals surface area (Å²) < 4.78 is 6.77. The number of carboxylic acids is 1. The summed E-state index contributed by atoms with van der Waals surface area (Å²) in [5.41, 5.74) is 2.37. The average molecular weight is 324 g/mol. The van der Waals surface area contributed by atoms with Crippen LogP contribution in [0.25, 0.3) is 10.9 Å². The van der Waals surface area contributed by atoms with E-state index in [0.29, 0.717) is 33.5 Å². The van der Waals surface area contributed by atoms with Gasteiger partial charge in [0, 0.05) is 29.0 Å². The Bertz CT molecular complexity index is 929. The molecule has 0 amide bonds. The number of aromatic nitrogens is 2. The fraction of sp³-hybridized carbons (Fsp3) is 0.167. The minimum absolute atomic E-state index is 0.161. The van der Waals surface area contributed by atoms with Crippen LogP contribution in [0.15, 0.2) is 42.7 Å². The molecule has 3 aromatic rings. The van der Waals surface area contributed by atoms with Crippen LogP contribution in [-0.2, 0) is 11.2 Å². The van der Waals surface area contributed by atoms with E-state index in [1.165, 1.54) is 0 Å². The molecule has 0 fully saturated rings. The molecule has 1 N–H and O–H groups in total. The van der Waals surface area contributed by atoms with Crippen LogP contribution in [0.1, 0.15) is 21.6 Å². The van der Waals surface area contributed by atoms with Crippen molar-refractivity contribution in [2.45, 2.75) is 13.3 Å². The summed E-state index contributed by atoms with van der Waals surface area (Å²) in [6.45, 7) is 1.75. The van der Waals surface area contributed by atoms with Crippen molar-refractivity contribution in [3.05, 3.63) is 59.5 Å². The molecular formula is C18H16N2O4. The molecule has 1 aromatic carbocycles. The first-order chi connectivity index (χ1) is 11.5. The Kier molecular flexibility index (Phi) is 4.04. The van der Waals surface area contributed by atoms with Crippen molar-refractivity contribution >= 4 is 22.8 Å². The van der Waals surface area contributed by atoms with E-state index in [-0.39, 0.29) is 12.3 Å². The molecule has 2 aromatic heterocycles. The van der Waals surface area contributed by atoms with Crippen molar-refractivity contribution in [3.63, 3.8) is 0 Å². The number of hydrogen-bond acceptors (Lipinski definition) is 4. The minimum atomic E-state index is -0.948. The maximum Gasteiger partial charge on any atom is 0.307 e. The smallest absolute Gasteiger partial charge is 0.307 e. The molecule has 0 radical (unpaired) electrons. The van der Waals surface area contributed by atoms with Gasteiger partial charge >= 0.3 is 5.97 Å². The van der Waals surface area contributed by atoms with E-state index in [2.05, 4.69) is 4.98 Å². The quantitative estimate of drug-likeness (QED) is 0.798. The van der Waals surface area contributed by atoms with E-state index >= 15 is 0 Å². The van der Waals surface area contributed by atoms with Gasteiger partial charge in [0.2, 0.25) is 0 Å². The number of carboxylic acid groups (broad SMARTS) is 1. The topological polar surface area (TPSA) is 81.4 Å². The predicted molar refractivity (Wildman–Crippen MR) is 88.5 cm³/mol. The van der Waals surface area contributed by atoms with Crippen LogP contribution in [-0.4, -0.2) is 33.6 Å². The van der Waals surface area contributed by atoms with Gasteiger partial charge in [0.1, 0.15) is 5.75 Å². The summed E-state index contributed by atoms with van der Waals surface area (Å²) in [6, 6.07) is 8.55. The Morgan fingerprint density at radius 1 is 1.21 bits per heavy atom. The Labute approximate surface area is 138 Å². The number of fused-ring (bicyclic) bond motifs is 1. The van der Waals surface area contributed by atoms with E-state index in [1.54, 1.807) is 61.3 Å². The van der Waals surface area contributed by atoms with Gasteiger partial charge in [-0.05, 0) is 42.8 Å². The van der Waals surface area contributed by atoms with Gasteiger partial charge < -0.3 is 9.84 Å². The molecule has 0 saturated heterocycles. The number of benzene rings is 1. The molecule has 0 bridgehead atoms. The van der Waals surface area contributed by atoms with Crippen LogP contribution >= 0.6 is 0 Å². The molecule has 0 atom stereocenters. The summed E-state index contributed by atoms with van der Waals surface area (Å²) in [5, 5.41) is 9.91. The number of nitrogens with zero attached hydrogens (tertiary/aromatic N) is 2. The zero-order valence-corrected chi connectivity index (χ0v) is 13.3. The lowest BCUT2D eigenvalue weighted by molar-refractivity contribution is -0.136. The maximum absolute atomic E-state index is 12.9. The lowest BCUT2D eigenvalue weighted by Crippen LogP contribution is -2.14. The highest BCUT2D eigenvalue weighted by molar-refractivity contribution is 6.04. The minimum Gasteiger partial charge on any atom is -0.497 e. The molecule has 0 aliphatic carbocycles. The van der Waals surface area contributed by atoms with Crippen LogP contribution in [0.2, 0.25) is 0 Å². The highest BCUT2D eigenvalue weighted by Gasteiger charge is 2.21. The van der Waals surface area contributed by atoms with Crippen molar-refractivity contribution in [1.82, 2.24) is 9.55 Å². The molecule has 0 unspecified atom stereocenters. The summed E-state index contributed by atoms with van der Waals surface area (Å²) in [6.07, 6.45) is 2.94. The molecule has 6 nitrogen and oxygen atoms in total. The highest BCUT2D eigenvalue weighted by Crippen LogP contribution is 2.30. The SMILES string of the molecule is COc1ccc2c(c1)c(CC(=O)O)c(C)n2C(=O)c1ccncc1. The molecule has 24 heavy (non-hydrogen) atoms. The normalized spacial score (nSPS) is 10.8. The van der Waals surface area contributed by atoms with E-state index in [4.69, 9.17) is 4.74 Å². The van der Waals surface area contributed by atoms with Gasteiger partial charge in [-0.15, -0.1) is 0 Å². The van der Waals surface area contributed by atoms with Gasteiger partial charge in [-0.3, -0.25) is 19.1 Å². The second-order valence-electron chi connectivity index (χ2n) is 5.39. The van der Waals surface area contributed by atoms with Crippen molar-refractivity contribution in [2.75, 3.05) is 7.11 Å². The largest absolute Gasteiger partial charge is 0.497 e. The Morgan fingerprint density at radius 3 is 2.54 bits per heavy atom. The second-order valence-corrected chi connectivity index (χ2v) is 5.39. The number of aliphatic carboxylic acids is 1. The number of hydrogen-bond donors (Lipinski definition) is 1. The van der Waals surface area contributed by atoms with Gasteiger partial charge in [0.15, 0.2) is 0 Å². The van der Waals surface area contributed by atoms with Crippen molar-refractivity contribution < 1.29 is 19.4 Å². The van der Waals surface area contributed by atoms with Crippen LogP contribution < -0.4 is 4.74 Å². The first-order valence-electron chi connectivity index (χ1n) is 7.37. The van der Waals surface area contributed by atoms with Crippen molar-refractivity contribution in [3.8, 4) is 5.75 Å². The van der Waals surface area contributed by atoms with Gasteiger partial charge in [-0.1, -0.05) is 0 Å². The third-order valence-corrected chi connectivity index (χ3v) is 4.00. The molecule has 0 saturated carbocycles. The van der Waals surface area contributed by atoms with E-state index in [9.17, 15) is 14.7 Å². The van der Waals surface area contributed by atoms with Crippen LogP contribution in [0.5, 0.6) is 5.75 Å². The molecular weight excluding hydrogens is 308 g/mol. The summed E-state index contributed by atoms with van der Waals surface area (Å²) in [7, 11) is 1.55. The van der Waals surface area contributed by atoms with E-state index < -0.39 is 5.97 Å². The summed E-state index contributed by atoms with van der Waals surface area (Å²) >= 11 is 0. The van der Waals surface area contributed by atoms with Crippen molar-refractivity contribution in [2.24, 2.45) is 0 Å². The fourth-order valence-electron chi connectivity index (χ4n) is 2.85. The fourth-order valence-corrected chi connectivity index (χ4v) is 2.85. The third-order valence-electron chi connectivity index (χ3n) is 4.00. The molecule has 2 heterocycles. The van der Waals surface area contributed by atoms with Gasteiger partial charge in [0.05, 0.1) is 19.0 Å². The molecule has 0 aliphatic rings. The summed E-state index contributed by atoms with van der Waals surface area (Å²) in [5.74, 6) is -0.555. The third kappa shape index (κ3) is 2.62. The molecule has 122 valence electrons. The zero-order valence-electron chi connectivity index (χ0n) is 13.3. The number of rotatable bonds is 4. The first kappa shape index (κ1) is 15.7. The number of ether oxygens (including phenoxy) is 1. The van der Waals surface area contributed by atoms with Crippen LogP contribution in [0.3, 0.4) is 0 Å². The summed E-state index contributed by atoms with van der Waals surface area (Å²) in [4.78, 5) is 28.0. The predicted octanol–water partition coefficient (Wildman–Crippen LogP) is 2.67. The monoisotopic (exact) mass is 324 g/mol. The number of carbonyl (C=O) groups excluding carboxylic acids is 1. The highest BCUT2D eigenvalue weighted by atomic mass is 16.5. The Hall–Kier alpha value is -3.15. The first-order valence-corrected chi connectivity index (χ1v) is 7.37. The lowest BCUT2D eigenvalue weighted by atomic mass is 10.1. The Balaban J connectivity index is 2.26. The zero-order chi connectivity index (χ0) is 17.3. The molecule has 6 heteroatoms. The van der Waals surface area contributed by atoms with Crippen LogP contribution in [0.4, 0.5) is 0 Å². The standard InChI is InChI=1S/C18H16N2O4/c1-11-14(10-17(21)22)15-9-13(24-2)3-4-16(15)20(11)18(23)12-5-7-19-8-6-12/h3-9H,10H2,1-2H3,(H,21,22). The van der Waals surface area contributed by atoms with Gasteiger partial charge in [0.25, 0.3) is 5.91 Å². The maximum atomic E-state index is 12.9. The van der Waals surface area contributed by atoms with Gasteiger partial charge in [-0.2, -0.15) is 0 Å². The molecule has 0 aliphatic heterocycles. The van der Waals surface area contributed by atoms with Gasteiger partial charge in [-0.25, -0.2) is 0 Å².